The van der Waals surface area contributed by atoms with Crippen LogP contribution in [-0.4, -0.2) is 19.8 Å². The van der Waals surface area contributed by atoms with E-state index in [0.717, 1.165) is 21.4 Å². The molecule has 0 saturated carbocycles. The predicted octanol–water partition coefficient (Wildman–Crippen LogP) is 3.06. The van der Waals surface area contributed by atoms with Gasteiger partial charge in [0.15, 0.2) is 0 Å². The lowest BCUT2D eigenvalue weighted by atomic mass is 10.1. The summed E-state index contributed by atoms with van der Waals surface area (Å²) in [6.07, 6.45) is 0. The SMILES string of the molecule is Cc1cc(Br)c(F)cc1OCc1c(C)cccc1-n1nnn(C)c1=O. The molecule has 6 nitrogen and oxygen atoms in total. The minimum atomic E-state index is -0.393. The van der Waals surface area contributed by atoms with Crippen molar-refractivity contribution in [1.29, 1.82) is 0 Å². The second kappa shape index (κ2) is 6.79. The Balaban J connectivity index is 1.97. The third-order valence-electron chi connectivity index (χ3n) is 3.93. The Hall–Kier alpha value is -2.48. The summed E-state index contributed by atoms with van der Waals surface area (Å²) >= 11 is 3.15. The van der Waals surface area contributed by atoms with Gasteiger partial charge in [0.05, 0.1) is 10.2 Å². The van der Waals surface area contributed by atoms with Crippen LogP contribution in [-0.2, 0) is 13.7 Å². The maximum Gasteiger partial charge on any atom is 0.368 e. The van der Waals surface area contributed by atoms with Gasteiger partial charge in [0.2, 0.25) is 0 Å². The van der Waals surface area contributed by atoms with Crippen LogP contribution in [0.5, 0.6) is 5.75 Å². The molecule has 3 aromatic rings. The van der Waals surface area contributed by atoms with Gasteiger partial charge in [-0.2, -0.15) is 9.36 Å². The number of nitrogens with zero attached hydrogens (tertiary/aromatic N) is 4. The number of ether oxygens (including phenoxy) is 1. The zero-order chi connectivity index (χ0) is 18.1. The zero-order valence-electron chi connectivity index (χ0n) is 14.0. The highest BCUT2D eigenvalue weighted by Crippen LogP contribution is 2.27. The van der Waals surface area contributed by atoms with Gasteiger partial charge in [-0.05, 0) is 63.5 Å². The molecule has 2 aromatic carbocycles. The van der Waals surface area contributed by atoms with Crippen molar-refractivity contribution in [3.8, 4) is 11.4 Å². The first-order chi connectivity index (χ1) is 11.9. The molecule has 0 bridgehead atoms. The number of rotatable bonds is 4. The number of aromatic nitrogens is 4. The molecule has 0 aliphatic carbocycles. The molecule has 0 amide bonds. The maximum atomic E-state index is 13.8. The van der Waals surface area contributed by atoms with Crippen molar-refractivity contribution in [3.05, 3.63) is 67.8 Å². The van der Waals surface area contributed by atoms with E-state index in [1.54, 1.807) is 12.1 Å². The molecule has 0 atom stereocenters. The van der Waals surface area contributed by atoms with E-state index in [4.69, 9.17) is 4.74 Å². The van der Waals surface area contributed by atoms with Crippen LogP contribution in [0.15, 0.2) is 39.6 Å². The van der Waals surface area contributed by atoms with Gasteiger partial charge >= 0.3 is 5.69 Å². The van der Waals surface area contributed by atoms with Crippen LogP contribution >= 0.6 is 15.9 Å². The van der Waals surface area contributed by atoms with Crippen molar-refractivity contribution in [2.75, 3.05) is 0 Å². The van der Waals surface area contributed by atoms with Crippen molar-refractivity contribution in [2.24, 2.45) is 7.05 Å². The van der Waals surface area contributed by atoms with E-state index in [1.807, 2.05) is 26.0 Å². The second-order valence-corrected chi connectivity index (χ2v) is 6.54. The van der Waals surface area contributed by atoms with Gasteiger partial charge in [-0.15, -0.1) is 0 Å². The van der Waals surface area contributed by atoms with E-state index in [2.05, 4.69) is 26.4 Å². The zero-order valence-corrected chi connectivity index (χ0v) is 15.5. The van der Waals surface area contributed by atoms with E-state index in [-0.39, 0.29) is 12.3 Å². The molecule has 1 aromatic heterocycles. The molecule has 1 heterocycles. The van der Waals surface area contributed by atoms with Crippen molar-refractivity contribution in [2.45, 2.75) is 20.5 Å². The molecule has 0 unspecified atom stereocenters. The van der Waals surface area contributed by atoms with Gasteiger partial charge in [0, 0.05) is 18.7 Å². The summed E-state index contributed by atoms with van der Waals surface area (Å²) in [6, 6.07) is 8.53. The van der Waals surface area contributed by atoms with E-state index < -0.39 is 5.82 Å². The normalized spacial score (nSPS) is 10.9. The minimum Gasteiger partial charge on any atom is -0.488 e. The molecule has 0 N–H and O–H groups in total. The number of benzene rings is 2. The lowest BCUT2D eigenvalue weighted by Crippen LogP contribution is -2.23. The fourth-order valence-electron chi connectivity index (χ4n) is 2.47. The van der Waals surface area contributed by atoms with Gasteiger partial charge < -0.3 is 4.74 Å². The lowest BCUT2D eigenvalue weighted by Gasteiger charge is -2.14. The third-order valence-corrected chi connectivity index (χ3v) is 4.53. The van der Waals surface area contributed by atoms with Crippen LogP contribution in [0.4, 0.5) is 4.39 Å². The van der Waals surface area contributed by atoms with Crippen LogP contribution in [0.3, 0.4) is 0 Å². The lowest BCUT2D eigenvalue weighted by molar-refractivity contribution is 0.301. The largest absolute Gasteiger partial charge is 0.488 e. The fraction of sp³-hybridized carbons (Fsp3) is 0.235. The van der Waals surface area contributed by atoms with E-state index in [0.29, 0.717) is 15.9 Å². The highest BCUT2D eigenvalue weighted by molar-refractivity contribution is 9.10. The molecule has 8 heteroatoms. The molecule has 0 saturated heterocycles. The van der Waals surface area contributed by atoms with Gasteiger partial charge in [-0.25, -0.2) is 9.18 Å². The van der Waals surface area contributed by atoms with Crippen molar-refractivity contribution >= 4 is 15.9 Å². The Morgan fingerprint density at radius 2 is 1.96 bits per heavy atom. The molecule has 130 valence electrons. The molecule has 0 spiro atoms. The Kier molecular flexibility index (Phi) is 4.71. The molecule has 0 fully saturated rings. The first-order valence-corrected chi connectivity index (χ1v) is 8.34. The molecule has 25 heavy (non-hydrogen) atoms. The summed E-state index contributed by atoms with van der Waals surface area (Å²) in [5, 5.41) is 7.62. The number of hydrogen-bond donors (Lipinski definition) is 0. The van der Waals surface area contributed by atoms with Crippen LogP contribution in [0, 0.1) is 19.7 Å². The average Bonchev–Trinajstić information content (AvgIpc) is 2.90. The van der Waals surface area contributed by atoms with Crippen molar-refractivity contribution < 1.29 is 9.13 Å². The fourth-order valence-corrected chi connectivity index (χ4v) is 2.93. The first-order valence-electron chi connectivity index (χ1n) is 7.55. The molecule has 0 aliphatic rings. The Morgan fingerprint density at radius 1 is 1.20 bits per heavy atom. The summed E-state index contributed by atoms with van der Waals surface area (Å²) < 4.78 is 22.4. The summed E-state index contributed by atoms with van der Waals surface area (Å²) in [5.41, 5.74) is 2.77. The van der Waals surface area contributed by atoms with E-state index >= 15 is 0 Å². The predicted molar refractivity (Wildman–Crippen MR) is 94.5 cm³/mol. The van der Waals surface area contributed by atoms with Crippen molar-refractivity contribution in [3.63, 3.8) is 0 Å². The van der Waals surface area contributed by atoms with E-state index in [9.17, 15) is 9.18 Å². The van der Waals surface area contributed by atoms with Crippen LogP contribution in [0.2, 0.25) is 0 Å². The third kappa shape index (κ3) is 3.34. The topological polar surface area (TPSA) is 61.9 Å². The molecule has 3 rings (SSSR count). The summed E-state index contributed by atoms with van der Waals surface area (Å²) in [4.78, 5) is 12.1. The van der Waals surface area contributed by atoms with Crippen molar-refractivity contribution in [1.82, 2.24) is 19.8 Å². The van der Waals surface area contributed by atoms with Crippen LogP contribution in [0.1, 0.15) is 16.7 Å². The Morgan fingerprint density at radius 3 is 2.64 bits per heavy atom. The van der Waals surface area contributed by atoms with Gasteiger partial charge in [-0.3, -0.25) is 0 Å². The van der Waals surface area contributed by atoms with Crippen LogP contribution in [0.25, 0.3) is 5.69 Å². The van der Waals surface area contributed by atoms with Crippen LogP contribution < -0.4 is 10.4 Å². The Bertz CT molecular complexity index is 997. The van der Waals surface area contributed by atoms with E-state index in [1.165, 1.54) is 17.8 Å². The number of hydrogen-bond acceptors (Lipinski definition) is 4. The highest BCUT2D eigenvalue weighted by atomic mass is 79.9. The molecular weight excluding hydrogens is 391 g/mol. The molecule has 0 aliphatic heterocycles. The maximum absolute atomic E-state index is 13.8. The molecule has 0 radical (unpaired) electrons. The molecular formula is C17H16BrFN4O2. The first kappa shape index (κ1) is 17.3. The van der Waals surface area contributed by atoms with Gasteiger partial charge in [0.25, 0.3) is 0 Å². The monoisotopic (exact) mass is 406 g/mol. The summed E-state index contributed by atoms with van der Waals surface area (Å²) in [5.74, 6) is 0.0529. The Labute approximate surface area is 152 Å². The minimum absolute atomic E-state index is 0.174. The number of tetrazole rings is 1. The smallest absolute Gasteiger partial charge is 0.368 e. The van der Waals surface area contributed by atoms with Gasteiger partial charge in [0.1, 0.15) is 18.2 Å². The quantitative estimate of drug-likeness (QED) is 0.667. The number of halogens is 2. The van der Waals surface area contributed by atoms with Gasteiger partial charge in [-0.1, -0.05) is 12.1 Å². The summed E-state index contributed by atoms with van der Waals surface area (Å²) in [7, 11) is 1.53. The average molecular weight is 407 g/mol. The number of aryl methyl sites for hydroxylation is 3. The summed E-state index contributed by atoms with van der Waals surface area (Å²) in [6.45, 7) is 3.93. The highest BCUT2D eigenvalue weighted by Gasteiger charge is 2.14. The second-order valence-electron chi connectivity index (χ2n) is 5.69. The standard InChI is InChI=1S/C17H16BrFN4O2/c1-10-5-4-6-15(23-17(24)22(3)20-21-23)12(10)9-25-16-8-14(19)13(18)7-11(16)2/h4-8H,9H2,1-3H3.